The van der Waals surface area contributed by atoms with Crippen LogP contribution < -0.4 is 5.32 Å². The predicted octanol–water partition coefficient (Wildman–Crippen LogP) is 2.87. The van der Waals surface area contributed by atoms with E-state index in [-0.39, 0.29) is 22.4 Å². The fraction of sp³-hybridized carbons (Fsp3) is 0.600. The van der Waals surface area contributed by atoms with E-state index in [1.165, 1.54) is 28.6 Å². The van der Waals surface area contributed by atoms with Crippen molar-refractivity contribution in [2.45, 2.75) is 69.4 Å². The van der Waals surface area contributed by atoms with Crippen LogP contribution in [0.15, 0.2) is 29.2 Å². The Hall–Kier alpha value is -1.93. The number of rotatable bonds is 8. The molecule has 1 aliphatic carbocycles. The van der Waals surface area contributed by atoms with E-state index in [0.717, 1.165) is 32.1 Å². The molecular weight excluding hydrogens is 380 g/mol. The minimum Gasteiger partial charge on any atom is -0.480 e. The molecule has 0 bridgehead atoms. The third-order valence-electron chi connectivity index (χ3n) is 5.17. The molecule has 0 radical (unpaired) electrons. The van der Waals surface area contributed by atoms with Gasteiger partial charge in [0.2, 0.25) is 10.0 Å². The standard InChI is InChI=1S/C20H30N2O5S/c1-14(2)12-18(20(24)25)21-19(23)15-8-7-11-17(13-15)28(26,27)22(3)16-9-5-4-6-10-16/h7-8,11,13-14,16,18H,4-6,9-10,12H2,1-3H3,(H,21,23)(H,24,25)/t18-/m0/s1. The van der Waals surface area contributed by atoms with E-state index in [9.17, 15) is 23.1 Å². The summed E-state index contributed by atoms with van der Waals surface area (Å²) in [5, 5.41) is 11.8. The van der Waals surface area contributed by atoms with Gasteiger partial charge < -0.3 is 10.4 Å². The maximum Gasteiger partial charge on any atom is 0.326 e. The lowest BCUT2D eigenvalue weighted by atomic mass is 9.96. The van der Waals surface area contributed by atoms with E-state index in [2.05, 4.69) is 5.32 Å². The maximum absolute atomic E-state index is 13.0. The highest BCUT2D eigenvalue weighted by atomic mass is 32.2. The Balaban J connectivity index is 2.20. The molecule has 0 heterocycles. The first-order chi connectivity index (χ1) is 13.1. The molecule has 7 nitrogen and oxygen atoms in total. The van der Waals surface area contributed by atoms with Crippen molar-refractivity contribution >= 4 is 21.9 Å². The molecule has 156 valence electrons. The van der Waals surface area contributed by atoms with Crippen LogP contribution in [0.4, 0.5) is 0 Å². The summed E-state index contributed by atoms with van der Waals surface area (Å²) in [6, 6.07) is 4.74. The van der Waals surface area contributed by atoms with Crippen molar-refractivity contribution in [1.29, 1.82) is 0 Å². The van der Waals surface area contributed by atoms with Gasteiger partial charge in [0.15, 0.2) is 0 Å². The van der Waals surface area contributed by atoms with Crippen molar-refractivity contribution in [3.8, 4) is 0 Å². The summed E-state index contributed by atoms with van der Waals surface area (Å²) in [4.78, 5) is 23.9. The number of carbonyl (C=O) groups is 2. The Kier molecular flexibility index (Phi) is 7.60. The fourth-order valence-corrected chi connectivity index (χ4v) is 5.00. The van der Waals surface area contributed by atoms with Crippen molar-refractivity contribution in [3.63, 3.8) is 0 Å². The zero-order valence-corrected chi connectivity index (χ0v) is 17.5. The third kappa shape index (κ3) is 5.54. The van der Waals surface area contributed by atoms with Crippen LogP contribution in [0.1, 0.15) is 62.7 Å². The lowest BCUT2D eigenvalue weighted by Gasteiger charge is -2.30. The molecule has 1 saturated carbocycles. The number of nitrogens with one attached hydrogen (secondary N) is 1. The molecule has 0 spiro atoms. The molecule has 1 amide bonds. The normalized spacial score (nSPS) is 16.9. The summed E-state index contributed by atoms with van der Waals surface area (Å²) in [5.41, 5.74) is 0.133. The second-order valence-electron chi connectivity index (χ2n) is 7.83. The molecular formula is C20H30N2O5S. The van der Waals surface area contributed by atoms with E-state index in [0.29, 0.717) is 6.42 Å². The minimum atomic E-state index is -3.72. The number of carboxylic acid groups (broad SMARTS) is 1. The lowest BCUT2D eigenvalue weighted by Crippen LogP contribution is -2.41. The highest BCUT2D eigenvalue weighted by Gasteiger charge is 2.30. The average molecular weight is 411 g/mol. The molecule has 2 rings (SSSR count). The highest BCUT2D eigenvalue weighted by molar-refractivity contribution is 7.89. The van der Waals surface area contributed by atoms with Crippen LogP contribution in [-0.2, 0) is 14.8 Å². The molecule has 0 unspecified atom stereocenters. The fourth-order valence-electron chi connectivity index (χ4n) is 3.54. The van der Waals surface area contributed by atoms with Crippen LogP contribution in [0.3, 0.4) is 0 Å². The molecule has 28 heavy (non-hydrogen) atoms. The first kappa shape index (κ1) is 22.4. The van der Waals surface area contributed by atoms with Gasteiger partial charge in [-0.05, 0) is 43.4 Å². The quantitative estimate of drug-likeness (QED) is 0.686. The van der Waals surface area contributed by atoms with E-state index in [1.54, 1.807) is 7.05 Å². The average Bonchev–Trinajstić information content (AvgIpc) is 2.67. The summed E-state index contributed by atoms with van der Waals surface area (Å²) in [6.07, 6.45) is 5.13. The summed E-state index contributed by atoms with van der Waals surface area (Å²) in [7, 11) is -2.14. The first-order valence-electron chi connectivity index (χ1n) is 9.74. The van der Waals surface area contributed by atoms with E-state index >= 15 is 0 Å². The number of hydrogen-bond acceptors (Lipinski definition) is 4. The summed E-state index contributed by atoms with van der Waals surface area (Å²) >= 11 is 0. The number of sulfonamides is 1. The maximum atomic E-state index is 13.0. The number of hydrogen-bond donors (Lipinski definition) is 2. The zero-order chi connectivity index (χ0) is 20.9. The van der Waals surface area contributed by atoms with Crippen LogP contribution in [0.25, 0.3) is 0 Å². The molecule has 8 heteroatoms. The third-order valence-corrected chi connectivity index (χ3v) is 7.08. The molecule has 1 aromatic rings. The first-order valence-corrected chi connectivity index (χ1v) is 11.2. The van der Waals surface area contributed by atoms with Gasteiger partial charge in [-0.25, -0.2) is 13.2 Å². The molecule has 0 aromatic heterocycles. The second-order valence-corrected chi connectivity index (χ2v) is 9.83. The summed E-state index contributed by atoms with van der Waals surface area (Å²) in [5.74, 6) is -1.61. The van der Waals surface area contributed by atoms with Gasteiger partial charge >= 0.3 is 5.97 Å². The van der Waals surface area contributed by atoms with Gasteiger partial charge in [-0.15, -0.1) is 0 Å². The van der Waals surface area contributed by atoms with Crippen molar-refractivity contribution in [1.82, 2.24) is 9.62 Å². The largest absolute Gasteiger partial charge is 0.480 e. The van der Waals surface area contributed by atoms with Crippen molar-refractivity contribution < 1.29 is 23.1 Å². The molecule has 1 aromatic carbocycles. The van der Waals surface area contributed by atoms with Crippen LogP contribution in [0.2, 0.25) is 0 Å². The van der Waals surface area contributed by atoms with Crippen LogP contribution in [0, 0.1) is 5.92 Å². The number of nitrogens with zero attached hydrogens (tertiary/aromatic N) is 1. The predicted molar refractivity (Wildman–Crippen MR) is 107 cm³/mol. The van der Waals surface area contributed by atoms with E-state index < -0.39 is 27.9 Å². The van der Waals surface area contributed by atoms with Gasteiger partial charge in [-0.3, -0.25) is 4.79 Å². The van der Waals surface area contributed by atoms with Gasteiger partial charge in [-0.2, -0.15) is 4.31 Å². The molecule has 1 atom stereocenters. The number of carboxylic acids is 1. The Morgan fingerprint density at radius 1 is 1.21 bits per heavy atom. The summed E-state index contributed by atoms with van der Waals surface area (Å²) in [6.45, 7) is 3.74. The topological polar surface area (TPSA) is 104 Å². The van der Waals surface area contributed by atoms with Crippen LogP contribution in [0.5, 0.6) is 0 Å². The van der Waals surface area contributed by atoms with Crippen LogP contribution in [-0.4, -0.2) is 48.8 Å². The van der Waals surface area contributed by atoms with Crippen molar-refractivity contribution in [2.24, 2.45) is 5.92 Å². The summed E-state index contributed by atoms with van der Waals surface area (Å²) < 4.78 is 27.4. The number of benzene rings is 1. The Morgan fingerprint density at radius 3 is 2.43 bits per heavy atom. The number of carbonyl (C=O) groups excluding carboxylic acids is 1. The second kappa shape index (κ2) is 9.52. The van der Waals surface area contributed by atoms with Gasteiger partial charge in [0, 0.05) is 18.7 Å². The highest BCUT2D eigenvalue weighted by Crippen LogP contribution is 2.26. The molecule has 2 N–H and O–H groups in total. The Bertz CT molecular complexity index is 801. The smallest absolute Gasteiger partial charge is 0.326 e. The molecule has 0 aliphatic heterocycles. The van der Waals surface area contributed by atoms with Gasteiger partial charge in [0.1, 0.15) is 6.04 Å². The molecule has 1 fully saturated rings. The van der Waals surface area contributed by atoms with E-state index in [4.69, 9.17) is 0 Å². The van der Waals surface area contributed by atoms with Crippen LogP contribution >= 0.6 is 0 Å². The molecule has 1 aliphatic rings. The van der Waals surface area contributed by atoms with Gasteiger partial charge in [0.05, 0.1) is 4.90 Å². The minimum absolute atomic E-state index is 0.0290. The molecule has 0 saturated heterocycles. The van der Waals surface area contributed by atoms with Crippen molar-refractivity contribution in [2.75, 3.05) is 7.05 Å². The monoisotopic (exact) mass is 410 g/mol. The van der Waals surface area contributed by atoms with Gasteiger partial charge in [0.25, 0.3) is 5.91 Å². The Morgan fingerprint density at radius 2 is 1.86 bits per heavy atom. The SMILES string of the molecule is CC(C)C[C@H](NC(=O)c1cccc(S(=O)(=O)N(C)C2CCCCC2)c1)C(=O)O. The van der Waals surface area contributed by atoms with E-state index in [1.807, 2.05) is 13.8 Å². The lowest BCUT2D eigenvalue weighted by molar-refractivity contribution is -0.139. The zero-order valence-electron chi connectivity index (χ0n) is 16.7. The van der Waals surface area contributed by atoms with Crippen molar-refractivity contribution in [3.05, 3.63) is 29.8 Å². The number of amides is 1. The van der Waals surface area contributed by atoms with Gasteiger partial charge in [-0.1, -0.05) is 39.2 Å². The Labute approximate surface area is 167 Å². The number of aliphatic carboxylic acids is 1.